The number of benzene rings is 1. The largest absolute Gasteiger partial charge is 0.368 e. The van der Waals surface area contributed by atoms with Gasteiger partial charge in [-0.2, -0.15) is 0 Å². The van der Waals surface area contributed by atoms with Crippen molar-refractivity contribution in [2.75, 3.05) is 18.5 Å². The highest BCUT2D eigenvalue weighted by atomic mass is 15.2. The van der Waals surface area contributed by atoms with Gasteiger partial charge in [-0.1, -0.05) is 32.0 Å². The third-order valence-electron chi connectivity index (χ3n) is 5.56. The molecular weight excluding hydrogens is 244 g/mol. The smallest absolute Gasteiger partial charge is 0.0402 e. The Labute approximate surface area is 123 Å². The molecule has 2 heteroatoms. The van der Waals surface area contributed by atoms with Crippen LogP contribution in [-0.4, -0.2) is 25.7 Å². The van der Waals surface area contributed by atoms with Crippen molar-refractivity contribution in [1.29, 1.82) is 0 Å². The zero-order valence-corrected chi connectivity index (χ0v) is 13.3. The third kappa shape index (κ3) is 2.24. The lowest BCUT2D eigenvalue weighted by Gasteiger charge is -2.34. The van der Waals surface area contributed by atoms with Crippen molar-refractivity contribution in [3.63, 3.8) is 0 Å². The Hall–Kier alpha value is -1.02. The van der Waals surface area contributed by atoms with Gasteiger partial charge < -0.3 is 10.2 Å². The molecule has 3 atom stereocenters. The molecule has 1 aromatic carbocycles. The summed E-state index contributed by atoms with van der Waals surface area (Å²) in [5, 5.41) is 3.59. The monoisotopic (exact) mass is 272 g/mol. The maximum atomic E-state index is 3.59. The van der Waals surface area contributed by atoms with Crippen LogP contribution in [-0.2, 0) is 6.42 Å². The summed E-state index contributed by atoms with van der Waals surface area (Å²) in [5.41, 5.74) is 3.43. The molecule has 1 N–H and O–H groups in total. The summed E-state index contributed by atoms with van der Waals surface area (Å²) in [5.74, 6) is 0.767. The van der Waals surface area contributed by atoms with Crippen LogP contribution in [0.2, 0.25) is 0 Å². The fourth-order valence-electron chi connectivity index (χ4n) is 4.50. The van der Waals surface area contributed by atoms with Crippen molar-refractivity contribution in [2.24, 2.45) is 11.3 Å². The van der Waals surface area contributed by atoms with E-state index in [9.17, 15) is 0 Å². The SMILES string of the molecule is CNC1C(CN2c3ccccc3CC2C)CCC1(C)C. The Balaban J connectivity index is 1.79. The molecule has 0 aromatic heterocycles. The first-order chi connectivity index (χ1) is 9.53. The standard InChI is InChI=1S/C18H28N2/c1-13-11-14-7-5-6-8-16(14)20(13)12-15-9-10-18(2,3)17(15)19-4/h5-8,13,15,17,19H,9-12H2,1-4H3. The van der Waals surface area contributed by atoms with Crippen molar-refractivity contribution in [2.45, 2.75) is 52.1 Å². The molecule has 1 saturated carbocycles. The summed E-state index contributed by atoms with van der Waals surface area (Å²) in [6.07, 6.45) is 3.90. The van der Waals surface area contributed by atoms with Crippen LogP contribution in [0.5, 0.6) is 0 Å². The summed E-state index contributed by atoms with van der Waals surface area (Å²) in [4.78, 5) is 2.64. The van der Waals surface area contributed by atoms with Gasteiger partial charge in [0.2, 0.25) is 0 Å². The number of anilines is 1. The summed E-state index contributed by atoms with van der Waals surface area (Å²) in [6, 6.07) is 10.2. The predicted octanol–water partition coefficient (Wildman–Crippen LogP) is 3.46. The molecule has 20 heavy (non-hydrogen) atoms. The molecule has 1 heterocycles. The van der Waals surface area contributed by atoms with Crippen LogP contribution in [0.25, 0.3) is 0 Å². The minimum absolute atomic E-state index is 0.432. The Bertz CT molecular complexity index is 480. The quantitative estimate of drug-likeness (QED) is 0.906. The first kappa shape index (κ1) is 13.9. The van der Waals surface area contributed by atoms with E-state index in [2.05, 4.69) is 62.3 Å². The first-order valence-electron chi connectivity index (χ1n) is 8.05. The van der Waals surface area contributed by atoms with E-state index in [1.54, 1.807) is 0 Å². The van der Waals surface area contributed by atoms with Crippen LogP contribution in [0, 0.1) is 11.3 Å². The van der Waals surface area contributed by atoms with Crippen LogP contribution in [0.1, 0.15) is 39.2 Å². The Kier molecular flexibility index (Phi) is 3.53. The summed E-state index contributed by atoms with van der Waals surface area (Å²) in [7, 11) is 2.13. The van der Waals surface area contributed by atoms with Gasteiger partial charge in [-0.3, -0.25) is 0 Å². The molecular formula is C18H28N2. The molecule has 1 aliphatic heterocycles. The lowest BCUT2D eigenvalue weighted by molar-refractivity contribution is 0.261. The van der Waals surface area contributed by atoms with Crippen LogP contribution < -0.4 is 10.2 Å². The molecule has 0 bridgehead atoms. The molecule has 1 fully saturated rings. The van der Waals surface area contributed by atoms with Crippen molar-refractivity contribution in [3.05, 3.63) is 29.8 Å². The van der Waals surface area contributed by atoms with E-state index in [1.807, 2.05) is 0 Å². The average Bonchev–Trinajstić information content (AvgIpc) is 2.87. The third-order valence-corrected chi connectivity index (χ3v) is 5.56. The van der Waals surface area contributed by atoms with Gasteiger partial charge in [0.25, 0.3) is 0 Å². The Morgan fingerprint density at radius 3 is 2.80 bits per heavy atom. The number of nitrogens with zero attached hydrogens (tertiary/aromatic N) is 1. The fourth-order valence-corrected chi connectivity index (χ4v) is 4.50. The molecule has 3 unspecified atom stereocenters. The molecule has 3 rings (SSSR count). The van der Waals surface area contributed by atoms with E-state index in [0.717, 1.165) is 5.92 Å². The van der Waals surface area contributed by atoms with E-state index in [1.165, 1.54) is 37.1 Å². The van der Waals surface area contributed by atoms with Gasteiger partial charge in [0.05, 0.1) is 0 Å². The van der Waals surface area contributed by atoms with E-state index in [0.29, 0.717) is 17.5 Å². The van der Waals surface area contributed by atoms with Gasteiger partial charge in [-0.25, -0.2) is 0 Å². The fraction of sp³-hybridized carbons (Fsp3) is 0.667. The van der Waals surface area contributed by atoms with Crippen LogP contribution in [0.15, 0.2) is 24.3 Å². The zero-order valence-electron chi connectivity index (χ0n) is 13.3. The molecule has 2 nitrogen and oxygen atoms in total. The molecule has 110 valence electrons. The second-order valence-electron chi connectivity index (χ2n) is 7.39. The highest BCUT2D eigenvalue weighted by Gasteiger charge is 2.42. The summed E-state index contributed by atoms with van der Waals surface area (Å²) >= 11 is 0. The molecule has 0 radical (unpaired) electrons. The number of fused-ring (bicyclic) bond motifs is 1. The minimum atomic E-state index is 0.432. The highest BCUT2D eigenvalue weighted by molar-refractivity contribution is 5.59. The van der Waals surface area contributed by atoms with E-state index < -0.39 is 0 Å². The van der Waals surface area contributed by atoms with Gasteiger partial charge in [-0.15, -0.1) is 0 Å². The van der Waals surface area contributed by atoms with Crippen LogP contribution >= 0.6 is 0 Å². The number of para-hydroxylation sites is 1. The molecule has 1 aliphatic carbocycles. The number of hydrogen-bond donors (Lipinski definition) is 1. The molecule has 0 spiro atoms. The highest BCUT2D eigenvalue weighted by Crippen LogP contribution is 2.43. The van der Waals surface area contributed by atoms with E-state index >= 15 is 0 Å². The first-order valence-corrected chi connectivity index (χ1v) is 8.05. The lowest BCUT2D eigenvalue weighted by atomic mass is 9.85. The normalized spacial score (nSPS) is 31.6. The molecule has 1 aromatic rings. The lowest BCUT2D eigenvalue weighted by Crippen LogP contribution is -2.45. The maximum Gasteiger partial charge on any atom is 0.0402 e. The van der Waals surface area contributed by atoms with E-state index in [-0.39, 0.29) is 0 Å². The van der Waals surface area contributed by atoms with Gasteiger partial charge in [-0.05, 0) is 56.2 Å². The Morgan fingerprint density at radius 2 is 2.05 bits per heavy atom. The second-order valence-corrected chi connectivity index (χ2v) is 7.39. The van der Waals surface area contributed by atoms with Gasteiger partial charge >= 0.3 is 0 Å². The molecule has 2 aliphatic rings. The predicted molar refractivity (Wildman–Crippen MR) is 86.3 cm³/mol. The summed E-state index contributed by atoms with van der Waals surface area (Å²) in [6.45, 7) is 8.40. The van der Waals surface area contributed by atoms with Crippen molar-refractivity contribution in [3.8, 4) is 0 Å². The van der Waals surface area contributed by atoms with Crippen molar-refractivity contribution < 1.29 is 0 Å². The number of rotatable bonds is 3. The van der Waals surface area contributed by atoms with E-state index in [4.69, 9.17) is 0 Å². The van der Waals surface area contributed by atoms with Crippen LogP contribution in [0.4, 0.5) is 5.69 Å². The molecule has 0 amide bonds. The number of nitrogens with one attached hydrogen (secondary N) is 1. The summed E-state index contributed by atoms with van der Waals surface area (Å²) < 4.78 is 0. The van der Waals surface area contributed by atoms with Crippen LogP contribution in [0.3, 0.4) is 0 Å². The van der Waals surface area contributed by atoms with Crippen molar-refractivity contribution in [1.82, 2.24) is 5.32 Å². The van der Waals surface area contributed by atoms with Crippen molar-refractivity contribution >= 4 is 5.69 Å². The molecule has 0 saturated heterocycles. The average molecular weight is 272 g/mol. The maximum absolute atomic E-state index is 3.59. The number of hydrogen-bond acceptors (Lipinski definition) is 2. The topological polar surface area (TPSA) is 15.3 Å². The minimum Gasteiger partial charge on any atom is -0.368 e. The Morgan fingerprint density at radius 1 is 1.30 bits per heavy atom. The van der Waals surface area contributed by atoms with Gasteiger partial charge in [0, 0.05) is 24.3 Å². The second kappa shape index (κ2) is 5.07. The van der Waals surface area contributed by atoms with Gasteiger partial charge in [0.1, 0.15) is 0 Å². The zero-order chi connectivity index (χ0) is 14.3. The van der Waals surface area contributed by atoms with Gasteiger partial charge in [0.15, 0.2) is 0 Å².